The lowest BCUT2D eigenvalue weighted by Crippen LogP contribution is -2.12. The van der Waals surface area contributed by atoms with E-state index in [0.29, 0.717) is 11.3 Å². The summed E-state index contributed by atoms with van der Waals surface area (Å²) >= 11 is 0. The number of aromatic nitrogens is 1. The summed E-state index contributed by atoms with van der Waals surface area (Å²) in [7, 11) is 0. The van der Waals surface area contributed by atoms with E-state index in [4.69, 9.17) is 11.5 Å². The number of terminal acetylenes is 1. The molecule has 1 aromatic carbocycles. The number of carboxylic acid groups (broad SMARTS) is 1. The van der Waals surface area contributed by atoms with Crippen molar-refractivity contribution in [2.45, 2.75) is 0 Å². The lowest BCUT2D eigenvalue weighted by Gasteiger charge is -2.02. The van der Waals surface area contributed by atoms with Crippen LogP contribution in [0.2, 0.25) is 0 Å². The molecule has 0 unspecified atom stereocenters. The average Bonchev–Trinajstić information content (AvgIpc) is 2.89. The number of hydrogen-bond donors (Lipinski definition) is 2. The Kier molecular flexibility index (Phi) is 3.30. The van der Waals surface area contributed by atoms with Gasteiger partial charge >= 0.3 is 5.97 Å². The minimum absolute atomic E-state index is 0.122. The van der Waals surface area contributed by atoms with Crippen molar-refractivity contribution < 1.29 is 19.2 Å². The number of benzene rings is 1. The van der Waals surface area contributed by atoms with Crippen LogP contribution in [0.4, 0.5) is 5.69 Å². The van der Waals surface area contributed by atoms with Gasteiger partial charge in [0.2, 0.25) is 5.76 Å². The van der Waals surface area contributed by atoms with Crippen LogP contribution in [-0.2, 0) is 0 Å². The van der Waals surface area contributed by atoms with Gasteiger partial charge in [-0.1, -0.05) is 17.1 Å². The Balaban J connectivity index is 2.16. The molecule has 1 aromatic heterocycles. The molecule has 0 bridgehead atoms. The molecule has 0 aliphatic heterocycles. The molecule has 2 aromatic rings. The monoisotopic (exact) mass is 256 g/mol. The molecule has 1 heterocycles. The van der Waals surface area contributed by atoms with Gasteiger partial charge in [-0.2, -0.15) is 0 Å². The maximum absolute atomic E-state index is 11.8. The minimum Gasteiger partial charge on any atom is -0.475 e. The molecule has 0 atom stereocenters. The topological polar surface area (TPSA) is 92.4 Å². The lowest BCUT2D eigenvalue weighted by atomic mass is 10.2. The van der Waals surface area contributed by atoms with E-state index in [2.05, 4.69) is 20.9 Å². The SMILES string of the molecule is C#Cc1cccc(NC(=O)c2cc(C(=O)O)on2)c1. The highest BCUT2D eigenvalue weighted by Crippen LogP contribution is 2.12. The largest absolute Gasteiger partial charge is 0.475 e. The van der Waals surface area contributed by atoms with Crippen LogP contribution in [0.3, 0.4) is 0 Å². The molecule has 0 aliphatic rings. The molecule has 2 N–H and O–H groups in total. The third-order valence-electron chi connectivity index (χ3n) is 2.24. The summed E-state index contributed by atoms with van der Waals surface area (Å²) in [5.41, 5.74) is 0.980. The fraction of sp³-hybridized carbons (Fsp3) is 0. The van der Waals surface area contributed by atoms with Gasteiger partial charge in [0.25, 0.3) is 5.91 Å². The summed E-state index contributed by atoms with van der Waals surface area (Å²) in [5.74, 6) is 0.167. The van der Waals surface area contributed by atoms with E-state index in [1.54, 1.807) is 24.3 Å². The third-order valence-corrected chi connectivity index (χ3v) is 2.24. The maximum Gasteiger partial charge on any atom is 0.374 e. The van der Waals surface area contributed by atoms with E-state index in [1.165, 1.54) is 0 Å². The highest BCUT2D eigenvalue weighted by molar-refractivity contribution is 6.03. The first-order chi connectivity index (χ1) is 9.10. The molecule has 6 heteroatoms. The predicted octanol–water partition coefficient (Wildman–Crippen LogP) is 1.61. The molecular weight excluding hydrogens is 248 g/mol. The number of nitrogens with zero attached hydrogens (tertiary/aromatic N) is 1. The highest BCUT2D eigenvalue weighted by atomic mass is 16.5. The van der Waals surface area contributed by atoms with E-state index < -0.39 is 17.6 Å². The summed E-state index contributed by atoms with van der Waals surface area (Å²) < 4.78 is 4.49. The Morgan fingerprint density at radius 3 is 2.79 bits per heavy atom. The number of carboxylic acids is 1. The van der Waals surface area contributed by atoms with Gasteiger partial charge in [0, 0.05) is 17.3 Å². The summed E-state index contributed by atoms with van der Waals surface area (Å²) in [6.07, 6.45) is 5.24. The van der Waals surface area contributed by atoms with Crippen LogP contribution in [0.5, 0.6) is 0 Å². The van der Waals surface area contributed by atoms with Crippen LogP contribution in [0.25, 0.3) is 0 Å². The lowest BCUT2D eigenvalue weighted by molar-refractivity contribution is 0.0651. The molecule has 0 saturated heterocycles. The number of rotatable bonds is 3. The number of amides is 1. The zero-order valence-corrected chi connectivity index (χ0v) is 9.58. The number of anilines is 1. The van der Waals surface area contributed by atoms with Crippen LogP contribution >= 0.6 is 0 Å². The van der Waals surface area contributed by atoms with Gasteiger partial charge in [-0.3, -0.25) is 4.79 Å². The number of carbonyl (C=O) groups excluding carboxylic acids is 1. The van der Waals surface area contributed by atoms with E-state index >= 15 is 0 Å². The minimum atomic E-state index is -1.29. The Morgan fingerprint density at radius 1 is 1.37 bits per heavy atom. The summed E-state index contributed by atoms with van der Waals surface area (Å²) in [5, 5.41) is 14.6. The number of aromatic carboxylic acids is 1. The molecule has 94 valence electrons. The van der Waals surface area contributed by atoms with E-state index in [-0.39, 0.29) is 5.69 Å². The Morgan fingerprint density at radius 2 is 2.16 bits per heavy atom. The molecule has 1 amide bonds. The Hall–Kier alpha value is -3.07. The fourth-order valence-corrected chi connectivity index (χ4v) is 1.36. The smallest absolute Gasteiger partial charge is 0.374 e. The first-order valence-corrected chi connectivity index (χ1v) is 5.18. The fourth-order valence-electron chi connectivity index (χ4n) is 1.36. The number of nitrogens with one attached hydrogen (secondary N) is 1. The molecule has 0 aliphatic carbocycles. The molecule has 0 spiro atoms. The van der Waals surface area contributed by atoms with Crippen LogP contribution in [0.15, 0.2) is 34.9 Å². The van der Waals surface area contributed by atoms with Crippen LogP contribution < -0.4 is 5.32 Å². The standard InChI is InChI=1S/C13H8N2O4/c1-2-8-4-3-5-9(6-8)14-12(16)10-7-11(13(17)18)19-15-10/h1,3-7H,(H,14,16)(H,17,18). The van der Waals surface area contributed by atoms with E-state index in [1.807, 2.05) is 0 Å². The molecule has 0 fully saturated rings. The second kappa shape index (κ2) is 5.06. The molecule has 19 heavy (non-hydrogen) atoms. The molecule has 6 nitrogen and oxygen atoms in total. The van der Waals surface area contributed by atoms with Crippen molar-refractivity contribution in [3.05, 3.63) is 47.3 Å². The maximum atomic E-state index is 11.8. The van der Waals surface area contributed by atoms with Crippen molar-refractivity contribution in [1.82, 2.24) is 5.16 Å². The van der Waals surface area contributed by atoms with Gasteiger partial charge < -0.3 is 14.9 Å². The Labute approximate surface area is 108 Å². The molecule has 0 saturated carbocycles. The first-order valence-electron chi connectivity index (χ1n) is 5.18. The second-order valence-corrected chi connectivity index (χ2v) is 3.56. The van der Waals surface area contributed by atoms with Crippen LogP contribution in [0, 0.1) is 12.3 Å². The van der Waals surface area contributed by atoms with Crippen molar-refractivity contribution in [2.75, 3.05) is 5.32 Å². The van der Waals surface area contributed by atoms with E-state index in [9.17, 15) is 9.59 Å². The summed E-state index contributed by atoms with van der Waals surface area (Å²) in [6, 6.07) is 7.71. The van der Waals surface area contributed by atoms with Crippen molar-refractivity contribution >= 4 is 17.6 Å². The average molecular weight is 256 g/mol. The van der Waals surface area contributed by atoms with Gasteiger partial charge in [0.1, 0.15) is 0 Å². The third kappa shape index (κ3) is 2.79. The zero-order valence-electron chi connectivity index (χ0n) is 9.58. The van der Waals surface area contributed by atoms with Gasteiger partial charge in [0.15, 0.2) is 5.69 Å². The molecular formula is C13H8N2O4. The summed E-state index contributed by atoms with van der Waals surface area (Å²) in [6.45, 7) is 0. The molecule has 2 rings (SSSR count). The number of carbonyl (C=O) groups is 2. The van der Waals surface area contributed by atoms with Crippen molar-refractivity contribution in [3.8, 4) is 12.3 Å². The van der Waals surface area contributed by atoms with Crippen LogP contribution in [-0.4, -0.2) is 22.1 Å². The van der Waals surface area contributed by atoms with Gasteiger partial charge in [-0.25, -0.2) is 4.79 Å². The van der Waals surface area contributed by atoms with E-state index in [0.717, 1.165) is 6.07 Å². The normalized spacial score (nSPS) is 9.63. The van der Waals surface area contributed by atoms with Crippen molar-refractivity contribution in [1.29, 1.82) is 0 Å². The van der Waals surface area contributed by atoms with Crippen molar-refractivity contribution in [2.24, 2.45) is 0 Å². The van der Waals surface area contributed by atoms with Crippen molar-refractivity contribution in [3.63, 3.8) is 0 Å². The van der Waals surface area contributed by atoms with Gasteiger partial charge in [-0.15, -0.1) is 6.42 Å². The second-order valence-electron chi connectivity index (χ2n) is 3.56. The molecule has 0 radical (unpaired) electrons. The first kappa shape index (κ1) is 12.4. The van der Waals surface area contributed by atoms with Crippen LogP contribution in [0.1, 0.15) is 26.6 Å². The zero-order chi connectivity index (χ0) is 13.8. The highest BCUT2D eigenvalue weighted by Gasteiger charge is 2.16. The Bertz CT molecular complexity index is 682. The summed E-state index contributed by atoms with van der Waals surface area (Å²) in [4.78, 5) is 22.4. The number of hydrogen-bond acceptors (Lipinski definition) is 4. The van der Waals surface area contributed by atoms with Gasteiger partial charge in [-0.05, 0) is 18.2 Å². The predicted molar refractivity (Wildman–Crippen MR) is 65.8 cm³/mol. The quantitative estimate of drug-likeness (QED) is 0.814. The van der Waals surface area contributed by atoms with Gasteiger partial charge in [0.05, 0.1) is 0 Å².